The fourth-order valence-electron chi connectivity index (χ4n) is 3.55. The lowest BCUT2D eigenvalue weighted by atomic mass is 10.2. The van der Waals surface area contributed by atoms with Gasteiger partial charge >= 0.3 is 0 Å². The molecule has 0 radical (unpaired) electrons. The van der Waals surface area contributed by atoms with Crippen molar-refractivity contribution in [3.8, 4) is 11.5 Å². The molecule has 10 nitrogen and oxygen atoms in total. The Kier molecular flexibility index (Phi) is 5.40. The minimum absolute atomic E-state index is 0.0395. The molecule has 1 saturated carbocycles. The van der Waals surface area contributed by atoms with Gasteiger partial charge < -0.3 is 24.5 Å². The zero-order valence-electron chi connectivity index (χ0n) is 17.4. The van der Waals surface area contributed by atoms with Crippen LogP contribution in [0.5, 0.6) is 11.5 Å². The lowest BCUT2D eigenvalue weighted by Gasteiger charge is -2.18. The number of carbonyl (C=O) groups is 1. The zero-order valence-corrected chi connectivity index (χ0v) is 17.4. The SMILES string of the molecule is N=N/C(=C\NCc1cn2cc(C3CC3)ccc2n1)C(=O)NCc1cc2c(cn1)OCCO2. The molecule has 3 N–H and O–H groups in total. The summed E-state index contributed by atoms with van der Waals surface area (Å²) in [6, 6.07) is 5.89. The summed E-state index contributed by atoms with van der Waals surface area (Å²) >= 11 is 0. The fraction of sp³-hybridized carbons (Fsp3) is 0.318. The van der Waals surface area contributed by atoms with E-state index in [1.165, 1.54) is 24.6 Å². The van der Waals surface area contributed by atoms with Crippen LogP contribution >= 0.6 is 0 Å². The highest BCUT2D eigenvalue weighted by molar-refractivity contribution is 5.92. The number of nitrogens with zero attached hydrogens (tertiary/aromatic N) is 4. The van der Waals surface area contributed by atoms with Crippen LogP contribution < -0.4 is 20.1 Å². The van der Waals surface area contributed by atoms with Crippen molar-refractivity contribution < 1.29 is 14.3 Å². The molecule has 1 aliphatic carbocycles. The van der Waals surface area contributed by atoms with Gasteiger partial charge in [0.25, 0.3) is 5.91 Å². The summed E-state index contributed by atoms with van der Waals surface area (Å²) in [5, 5.41) is 9.06. The fourth-order valence-corrected chi connectivity index (χ4v) is 3.55. The Morgan fingerprint density at radius 3 is 2.84 bits per heavy atom. The van der Waals surface area contributed by atoms with E-state index in [1.54, 1.807) is 12.3 Å². The Bertz CT molecular complexity index is 1200. The Morgan fingerprint density at radius 1 is 1.19 bits per heavy atom. The van der Waals surface area contributed by atoms with E-state index < -0.39 is 5.91 Å². The van der Waals surface area contributed by atoms with E-state index in [0.717, 1.165) is 11.3 Å². The normalized spacial score (nSPS) is 15.4. The summed E-state index contributed by atoms with van der Waals surface area (Å²) < 4.78 is 13.0. The Hall–Kier alpha value is -3.95. The predicted molar refractivity (Wildman–Crippen MR) is 114 cm³/mol. The molecule has 2 aliphatic rings. The molecule has 0 spiro atoms. The number of rotatable bonds is 8. The largest absolute Gasteiger partial charge is 0.486 e. The molecule has 0 bridgehead atoms. The van der Waals surface area contributed by atoms with Crippen molar-refractivity contribution in [1.82, 2.24) is 25.0 Å². The summed E-state index contributed by atoms with van der Waals surface area (Å²) in [5.41, 5.74) is 11.0. The van der Waals surface area contributed by atoms with Gasteiger partial charge in [-0.1, -0.05) is 6.07 Å². The molecule has 4 heterocycles. The lowest BCUT2D eigenvalue weighted by Crippen LogP contribution is -2.25. The van der Waals surface area contributed by atoms with E-state index in [4.69, 9.17) is 15.0 Å². The van der Waals surface area contributed by atoms with Crippen LogP contribution in [0.15, 0.2) is 53.8 Å². The molecule has 3 aromatic rings. The smallest absolute Gasteiger partial charge is 0.273 e. The third-order valence-electron chi connectivity index (χ3n) is 5.36. The van der Waals surface area contributed by atoms with Crippen molar-refractivity contribution >= 4 is 11.6 Å². The maximum atomic E-state index is 12.4. The molecule has 0 atom stereocenters. The van der Waals surface area contributed by atoms with Crippen LogP contribution in [0.2, 0.25) is 0 Å². The first-order valence-electron chi connectivity index (χ1n) is 10.5. The van der Waals surface area contributed by atoms with Gasteiger partial charge in [-0.05, 0) is 30.4 Å². The minimum atomic E-state index is -0.478. The number of amides is 1. The van der Waals surface area contributed by atoms with Crippen LogP contribution in [0.25, 0.3) is 5.65 Å². The van der Waals surface area contributed by atoms with E-state index in [2.05, 4.69) is 38.0 Å². The summed E-state index contributed by atoms with van der Waals surface area (Å²) in [6.07, 6.45) is 9.60. The molecule has 10 heteroatoms. The van der Waals surface area contributed by atoms with Gasteiger partial charge in [0.1, 0.15) is 18.9 Å². The standard InChI is InChI=1S/C22H23N7O3/c23-28-18(22(30)26-9-16-7-19-20(11-25-16)32-6-5-31-19)10-24-8-17-13-29-12-15(14-1-2-14)3-4-21(29)27-17/h3-4,7,10-14,23-24H,1-2,5-6,8-9H2,(H,26,30)/b18-10-,28-23?. The molecule has 5 rings (SSSR count). The summed E-state index contributed by atoms with van der Waals surface area (Å²) in [7, 11) is 0. The van der Waals surface area contributed by atoms with Gasteiger partial charge in [0.15, 0.2) is 17.2 Å². The average Bonchev–Trinajstić information content (AvgIpc) is 3.59. The molecule has 0 aromatic carbocycles. The average molecular weight is 433 g/mol. The first-order chi connectivity index (χ1) is 15.7. The van der Waals surface area contributed by atoms with Gasteiger partial charge in [0, 0.05) is 24.7 Å². The molecule has 1 fully saturated rings. The van der Waals surface area contributed by atoms with Crippen molar-refractivity contribution in [2.24, 2.45) is 5.11 Å². The third-order valence-corrected chi connectivity index (χ3v) is 5.36. The van der Waals surface area contributed by atoms with Crippen molar-refractivity contribution in [3.05, 3.63) is 65.6 Å². The van der Waals surface area contributed by atoms with Crippen LogP contribution in [0, 0.1) is 5.53 Å². The second-order valence-corrected chi connectivity index (χ2v) is 7.76. The number of ether oxygens (including phenoxy) is 2. The monoisotopic (exact) mass is 433 g/mol. The van der Waals surface area contributed by atoms with E-state index in [9.17, 15) is 4.79 Å². The maximum absolute atomic E-state index is 12.4. The summed E-state index contributed by atoms with van der Waals surface area (Å²) in [5.74, 6) is 1.40. The van der Waals surface area contributed by atoms with E-state index in [0.29, 0.717) is 42.9 Å². The summed E-state index contributed by atoms with van der Waals surface area (Å²) in [6.45, 7) is 1.56. The molecule has 3 aromatic heterocycles. The van der Waals surface area contributed by atoms with Crippen LogP contribution in [-0.2, 0) is 17.9 Å². The predicted octanol–water partition coefficient (Wildman–Crippen LogP) is 2.66. The van der Waals surface area contributed by atoms with Crippen molar-refractivity contribution in [2.45, 2.75) is 31.8 Å². The quantitative estimate of drug-likeness (QED) is 0.370. The topological polar surface area (TPSA) is 126 Å². The van der Waals surface area contributed by atoms with Crippen LogP contribution in [0.4, 0.5) is 0 Å². The highest BCUT2D eigenvalue weighted by Gasteiger charge is 2.23. The van der Waals surface area contributed by atoms with Gasteiger partial charge in [-0.2, -0.15) is 5.11 Å². The molecule has 0 saturated heterocycles. The van der Waals surface area contributed by atoms with Crippen molar-refractivity contribution in [2.75, 3.05) is 13.2 Å². The van der Waals surface area contributed by atoms with E-state index in [-0.39, 0.29) is 12.2 Å². The van der Waals surface area contributed by atoms with Crippen LogP contribution in [-0.4, -0.2) is 33.5 Å². The second kappa shape index (κ2) is 8.66. The van der Waals surface area contributed by atoms with E-state index in [1.807, 2.05) is 16.7 Å². The molecular weight excluding hydrogens is 410 g/mol. The molecule has 164 valence electrons. The first-order valence-corrected chi connectivity index (χ1v) is 10.5. The molecule has 1 amide bonds. The van der Waals surface area contributed by atoms with Crippen molar-refractivity contribution in [1.29, 1.82) is 5.53 Å². The molecule has 32 heavy (non-hydrogen) atoms. The molecule has 0 unspecified atom stereocenters. The van der Waals surface area contributed by atoms with Gasteiger partial charge in [-0.3, -0.25) is 9.78 Å². The maximum Gasteiger partial charge on any atom is 0.273 e. The Labute approximate surface area is 184 Å². The highest BCUT2D eigenvalue weighted by Crippen LogP contribution is 2.39. The molecule has 1 aliphatic heterocycles. The number of nitrogens with one attached hydrogen (secondary N) is 3. The van der Waals surface area contributed by atoms with Crippen LogP contribution in [0.3, 0.4) is 0 Å². The first kappa shape index (κ1) is 20.0. The Morgan fingerprint density at radius 2 is 2.03 bits per heavy atom. The number of pyridine rings is 2. The number of aromatic nitrogens is 3. The molecular formula is C22H23N7O3. The van der Waals surface area contributed by atoms with E-state index >= 15 is 0 Å². The second-order valence-electron chi connectivity index (χ2n) is 7.76. The zero-order chi connectivity index (χ0) is 21.9. The van der Waals surface area contributed by atoms with Gasteiger partial charge in [0.05, 0.1) is 30.7 Å². The lowest BCUT2D eigenvalue weighted by molar-refractivity contribution is -0.117. The number of hydrogen-bond acceptors (Lipinski definition) is 8. The van der Waals surface area contributed by atoms with Gasteiger partial charge in [-0.25, -0.2) is 10.5 Å². The van der Waals surface area contributed by atoms with Crippen LogP contribution in [0.1, 0.15) is 35.7 Å². The minimum Gasteiger partial charge on any atom is -0.486 e. The third kappa shape index (κ3) is 4.39. The number of fused-ring (bicyclic) bond motifs is 2. The van der Waals surface area contributed by atoms with Gasteiger partial charge in [-0.15, -0.1) is 0 Å². The number of imidazole rings is 1. The summed E-state index contributed by atoms with van der Waals surface area (Å²) in [4.78, 5) is 21.2. The Balaban J connectivity index is 1.17. The number of hydrogen-bond donors (Lipinski definition) is 3. The highest BCUT2D eigenvalue weighted by atomic mass is 16.6. The number of carbonyl (C=O) groups excluding carboxylic acids is 1. The van der Waals surface area contributed by atoms with Crippen molar-refractivity contribution in [3.63, 3.8) is 0 Å². The van der Waals surface area contributed by atoms with Gasteiger partial charge in [0.2, 0.25) is 0 Å².